The highest BCUT2D eigenvalue weighted by molar-refractivity contribution is 6.30. The van der Waals surface area contributed by atoms with E-state index >= 15 is 0 Å². The van der Waals surface area contributed by atoms with Crippen molar-refractivity contribution in [1.82, 2.24) is 15.6 Å². The summed E-state index contributed by atoms with van der Waals surface area (Å²) in [6.07, 6.45) is 0.997. The number of benzene rings is 1. The first-order valence-electron chi connectivity index (χ1n) is 9.56. The molecule has 0 amide bonds. The van der Waals surface area contributed by atoms with Gasteiger partial charge in [0.05, 0.1) is 18.5 Å². The molecule has 1 aromatic heterocycles. The molecule has 1 fully saturated rings. The van der Waals surface area contributed by atoms with Crippen LogP contribution in [0.4, 0.5) is 5.69 Å². The first kappa shape index (κ1) is 20.3. The molecule has 0 bridgehead atoms. The van der Waals surface area contributed by atoms with Gasteiger partial charge in [0.15, 0.2) is 5.96 Å². The monoisotopic (exact) mass is 405 g/mol. The van der Waals surface area contributed by atoms with Crippen LogP contribution in [0.3, 0.4) is 0 Å². The van der Waals surface area contributed by atoms with Gasteiger partial charge in [-0.25, -0.2) is 9.98 Å². The van der Waals surface area contributed by atoms with E-state index in [9.17, 15) is 0 Å². The van der Waals surface area contributed by atoms with Crippen molar-refractivity contribution in [3.05, 3.63) is 40.6 Å². The molecule has 1 atom stereocenters. The van der Waals surface area contributed by atoms with Gasteiger partial charge >= 0.3 is 0 Å². The maximum atomic E-state index is 6.18. The second-order valence-corrected chi connectivity index (χ2v) is 7.27. The lowest BCUT2D eigenvalue weighted by Crippen LogP contribution is -2.44. The Labute approximate surface area is 171 Å². The number of nitrogens with zero attached hydrogens (tertiary/aromatic N) is 3. The number of methoxy groups -OCH3 is 1. The number of aryl methyl sites for hydroxylation is 2. The Morgan fingerprint density at radius 2 is 2.25 bits per heavy atom. The van der Waals surface area contributed by atoms with Crippen LogP contribution in [-0.4, -0.2) is 43.7 Å². The highest BCUT2D eigenvalue weighted by atomic mass is 35.5. The highest BCUT2D eigenvalue weighted by Crippen LogP contribution is 2.33. The van der Waals surface area contributed by atoms with Crippen LogP contribution < -0.4 is 20.3 Å². The zero-order valence-corrected chi connectivity index (χ0v) is 17.6. The van der Waals surface area contributed by atoms with Crippen molar-refractivity contribution in [1.29, 1.82) is 0 Å². The molecule has 2 aromatic rings. The van der Waals surface area contributed by atoms with Gasteiger partial charge in [-0.3, -0.25) is 0 Å². The van der Waals surface area contributed by atoms with E-state index in [0.717, 1.165) is 54.9 Å². The topological polar surface area (TPSA) is 74.9 Å². The lowest BCUT2D eigenvalue weighted by atomic mass is 10.2. The smallest absolute Gasteiger partial charge is 0.216 e. The summed E-state index contributed by atoms with van der Waals surface area (Å²) in [7, 11) is 1.68. The molecule has 1 unspecified atom stereocenters. The van der Waals surface area contributed by atoms with E-state index in [4.69, 9.17) is 20.8 Å². The molecule has 0 aliphatic carbocycles. The maximum absolute atomic E-state index is 6.18. The number of hydrogen-bond donors (Lipinski definition) is 2. The summed E-state index contributed by atoms with van der Waals surface area (Å²) in [6.45, 7) is 8.86. The Bertz CT molecular complexity index is 816. The fourth-order valence-electron chi connectivity index (χ4n) is 3.27. The molecule has 1 aliphatic rings. The van der Waals surface area contributed by atoms with Gasteiger partial charge < -0.3 is 24.7 Å². The van der Waals surface area contributed by atoms with Crippen molar-refractivity contribution < 1.29 is 9.15 Å². The number of ether oxygens (including phenoxy) is 1. The second kappa shape index (κ2) is 9.19. The van der Waals surface area contributed by atoms with E-state index < -0.39 is 0 Å². The van der Waals surface area contributed by atoms with Gasteiger partial charge in [0, 0.05) is 30.7 Å². The molecule has 1 aliphatic heterocycles. The summed E-state index contributed by atoms with van der Waals surface area (Å²) in [4.78, 5) is 11.3. The molecule has 2 heterocycles. The largest absolute Gasteiger partial charge is 0.495 e. The van der Waals surface area contributed by atoms with E-state index in [2.05, 4.69) is 32.4 Å². The number of aromatic nitrogens is 1. The third-order valence-corrected chi connectivity index (χ3v) is 5.04. The number of halogens is 1. The molecule has 0 spiro atoms. The average Bonchev–Trinajstić information content (AvgIpc) is 3.26. The summed E-state index contributed by atoms with van der Waals surface area (Å²) in [5.41, 5.74) is 1.93. The summed E-state index contributed by atoms with van der Waals surface area (Å²) in [6, 6.07) is 5.98. The minimum absolute atomic E-state index is 0.273. The normalized spacial score (nSPS) is 17.1. The van der Waals surface area contributed by atoms with Crippen LogP contribution in [0.15, 0.2) is 27.6 Å². The highest BCUT2D eigenvalue weighted by Gasteiger charge is 2.25. The zero-order chi connectivity index (χ0) is 20.1. The van der Waals surface area contributed by atoms with Crippen LogP contribution in [0.2, 0.25) is 5.02 Å². The van der Waals surface area contributed by atoms with E-state index in [0.29, 0.717) is 17.5 Å². The predicted molar refractivity (Wildman–Crippen MR) is 113 cm³/mol. The molecular formula is C20H28ClN5O2. The van der Waals surface area contributed by atoms with Crippen molar-refractivity contribution in [3.63, 3.8) is 0 Å². The quantitative estimate of drug-likeness (QED) is 0.567. The Balaban J connectivity index is 1.64. The Hall–Kier alpha value is -2.41. The molecule has 0 saturated carbocycles. The number of oxazole rings is 1. The minimum atomic E-state index is 0.273. The number of guanidine groups is 1. The van der Waals surface area contributed by atoms with E-state index in [-0.39, 0.29) is 6.04 Å². The van der Waals surface area contributed by atoms with Gasteiger partial charge in [0.1, 0.15) is 18.1 Å². The minimum Gasteiger partial charge on any atom is -0.495 e. The summed E-state index contributed by atoms with van der Waals surface area (Å²) in [5.74, 6) is 3.06. The molecule has 3 rings (SSSR count). The number of aliphatic imine (C=N–C) groups is 1. The van der Waals surface area contributed by atoms with Crippen molar-refractivity contribution in [3.8, 4) is 5.75 Å². The summed E-state index contributed by atoms with van der Waals surface area (Å²) < 4.78 is 11.1. The first-order valence-corrected chi connectivity index (χ1v) is 9.94. The lowest BCUT2D eigenvalue weighted by Gasteiger charge is -2.22. The molecule has 0 radical (unpaired) electrons. The fourth-order valence-corrected chi connectivity index (χ4v) is 3.44. The van der Waals surface area contributed by atoms with Crippen LogP contribution in [0.25, 0.3) is 0 Å². The third kappa shape index (κ3) is 4.90. The number of nitrogens with one attached hydrogen (secondary N) is 2. The van der Waals surface area contributed by atoms with Crippen LogP contribution in [-0.2, 0) is 6.54 Å². The van der Waals surface area contributed by atoms with E-state index in [1.54, 1.807) is 7.11 Å². The molecule has 8 heteroatoms. The lowest BCUT2D eigenvalue weighted by molar-refractivity contribution is 0.415. The third-order valence-electron chi connectivity index (χ3n) is 4.80. The van der Waals surface area contributed by atoms with Crippen LogP contribution in [0, 0.1) is 13.8 Å². The van der Waals surface area contributed by atoms with Crippen molar-refractivity contribution in [2.45, 2.75) is 39.8 Å². The zero-order valence-electron chi connectivity index (χ0n) is 16.9. The van der Waals surface area contributed by atoms with Crippen LogP contribution >= 0.6 is 11.6 Å². The number of hydrogen-bond acceptors (Lipinski definition) is 5. The molecule has 28 heavy (non-hydrogen) atoms. The van der Waals surface area contributed by atoms with Gasteiger partial charge in [0.2, 0.25) is 5.89 Å². The fraction of sp³-hybridized carbons (Fsp3) is 0.500. The Kier molecular flexibility index (Phi) is 6.67. The van der Waals surface area contributed by atoms with Gasteiger partial charge in [-0.2, -0.15) is 0 Å². The molecule has 7 nitrogen and oxygen atoms in total. The van der Waals surface area contributed by atoms with Crippen molar-refractivity contribution in [2.75, 3.05) is 31.6 Å². The number of anilines is 1. The van der Waals surface area contributed by atoms with E-state index in [1.165, 1.54) is 0 Å². The maximum Gasteiger partial charge on any atom is 0.216 e. The van der Waals surface area contributed by atoms with Crippen LogP contribution in [0.1, 0.15) is 30.7 Å². The van der Waals surface area contributed by atoms with Gasteiger partial charge in [0.25, 0.3) is 0 Å². The van der Waals surface area contributed by atoms with Crippen LogP contribution in [0.5, 0.6) is 5.75 Å². The van der Waals surface area contributed by atoms with Gasteiger partial charge in [-0.1, -0.05) is 11.6 Å². The molecule has 2 N–H and O–H groups in total. The van der Waals surface area contributed by atoms with Crippen molar-refractivity contribution in [2.24, 2.45) is 4.99 Å². The summed E-state index contributed by atoms with van der Waals surface area (Å²) >= 11 is 6.18. The standard InChI is InChI=1S/C20H28ClN5O2/c1-5-22-20(23-11-19-24-13(2)14(3)28-19)25-16-8-9-26(12-16)17-10-15(21)6-7-18(17)27-4/h6-7,10,16H,5,8-9,11-12H2,1-4H3,(H2,22,23,25). The first-order chi connectivity index (χ1) is 13.5. The predicted octanol–water partition coefficient (Wildman–Crippen LogP) is 3.29. The average molecular weight is 406 g/mol. The summed E-state index contributed by atoms with van der Waals surface area (Å²) in [5, 5.41) is 7.51. The Morgan fingerprint density at radius 3 is 2.93 bits per heavy atom. The molecule has 1 saturated heterocycles. The van der Waals surface area contributed by atoms with E-state index in [1.807, 2.05) is 32.0 Å². The second-order valence-electron chi connectivity index (χ2n) is 6.84. The molecule has 152 valence electrons. The van der Waals surface area contributed by atoms with Crippen molar-refractivity contribution >= 4 is 23.2 Å². The number of rotatable bonds is 6. The SMILES string of the molecule is CCNC(=NCc1nc(C)c(C)o1)NC1CCN(c2cc(Cl)ccc2OC)C1. The Morgan fingerprint density at radius 1 is 1.43 bits per heavy atom. The van der Waals surface area contributed by atoms with Gasteiger partial charge in [-0.15, -0.1) is 0 Å². The molecule has 1 aromatic carbocycles. The van der Waals surface area contributed by atoms with Gasteiger partial charge in [-0.05, 0) is 45.4 Å². The molecular weight excluding hydrogens is 378 g/mol.